The van der Waals surface area contributed by atoms with Gasteiger partial charge in [-0.1, -0.05) is 0 Å². The van der Waals surface area contributed by atoms with Gasteiger partial charge in [0.25, 0.3) is 0 Å². The van der Waals surface area contributed by atoms with Crippen molar-refractivity contribution in [1.82, 2.24) is 0 Å². The maximum absolute atomic E-state index is 11.8. The molecule has 0 aliphatic carbocycles. The molecule has 1 N–H and O–H groups in total. The fourth-order valence-corrected chi connectivity index (χ4v) is 1.43. The van der Waals surface area contributed by atoms with E-state index in [4.69, 9.17) is 9.47 Å². The second-order valence-corrected chi connectivity index (χ2v) is 3.56. The van der Waals surface area contributed by atoms with E-state index in [9.17, 15) is 18.3 Å². The van der Waals surface area contributed by atoms with Gasteiger partial charge < -0.3 is 14.6 Å². The minimum Gasteiger partial charge on any atom is -0.390 e. The maximum atomic E-state index is 11.8. The highest BCUT2D eigenvalue weighted by Crippen LogP contribution is 2.23. The molecule has 2 unspecified atom stereocenters. The van der Waals surface area contributed by atoms with Crippen molar-refractivity contribution in [3.05, 3.63) is 0 Å². The summed E-state index contributed by atoms with van der Waals surface area (Å²) in [4.78, 5) is 0. The van der Waals surface area contributed by atoms with Crippen molar-refractivity contribution in [1.29, 1.82) is 0 Å². The average Bonchev–Trinajstić information content (AvgIpc) is 2.17. The Hall–Kier alpha value is -0.330. The first-order valence-electron chi connectivity index (χ1n) is 4.93. The lowest BCUT2D eigenvalue weighted by atomic mass is 10.1. The SMILES string of the molecule is OC(CCCC(F)(F)F)C1COCCO1. The first-order chi connectivity index (χ1) is 6.99. The molecule has 0 aromatic carbocycles. The number of aliphatic hydroxyl groups excluding tert-OH is 1. The zero-order valence-electron chi connectivity index (χ0n) is 8.29. The summed E-state index contributed by atoms with van der Waals surface area (Å²) in [5, 5.41) is 9.50. The normalized spacial score (nSPS) is 25.2. The molecule has 0 aromatic heterocycles. The van der Waals surface area contributed by atoms with Crippen molar-refractivity contribution in [2.75, 3.05) is 19.8 Å². The van der Waals surface area contributed by atoms with E-state index >= 15 is 0 Å². The molecule has 1 rings (SSSR count). The van der Waals surface area contributed by atoms with E-state index in [1.165, 1.54) is 0 Å². The number of hydrogen-bond donors (Lipinski definition) is 1. The van der Waals surface area contributed by atoms with Crippen LogP contribution in [0.4, 0.5) is 13.2 Å². The molecular formula is C9H15F3O3. The second kappa shape index (κ2) is 5.67. The summed E-state index contributed by atoms with van der Waals surface area (Å²) in [5.41, 5.74) is 0. The molecule has 1 heterocycles. The van der Waals surface area contributed by atoms with Crippen molar-refractivity contribution >= 4 is 0 Å². The molecule has 0 spiro atoms. The fraction of sp³-hybridized carbons (Fsp3) is 1.00. The van der Waals surface area contributed by atoms with E-state index in [0.717, 1.165) is 0 Å². The molecule has 6 heteroatoms. The van der Waals surface area contributed by atoms with Crippen LogP contribution in [0.2, 0.25) is 0 Å². The molecule has 90 valence electrons. The second-order valence-electron chi connectivity index (χ2n) is 3.56. The lowest BCUT2D eigenvalue weighted by molar-refractivity contribution is -0.146. The van der Waals surface area contributed by atoms with Crippen LogP contribution in [0.5, 0.6) is 0 Å². The van der Waals surface area contributed by atoms with Gasteiger partial charge >= 0.3 is 6.18 Å². The topological polar surface area (TPSA) is 38.7 Å². The molecule has 1 aliphatic rings. The number of alkyl halides is 3. The predicted molar refractivity (Wildman–Crippen MR) is 46.5 cm³/mol. The van der Waals surface area contributed by atoms with Crippen LogP contribution in [0, 0.1) is 0 Å². The summed E-state index contributed by atoms with van der Waals surface area (Å²) in [6, 6.07) is 0. The quantitative estimate of drug-likeness (QED) is 0.792. The summed E-state index contributed by atoms with van der Waals surface area (Å²) >= 11 is 0. The Morgan fingerprint density at radius 1 is 1.33 bits per heavy atom. The van der Waals surface area contributed by atoms with Crippen LogP contribution < -0.4 is 0 Å². The van der Waals surface area contributed by atoms with Crippen LogP contribution >= 0.6 is 0 Å². The van der Waals surface area contributed by atoms with Gasteiger partial charge in [-0.05, 0) is 12.8 Å². The third-order valence-corrected chi connectivity index (χ3v) is 2.23. The molecule has 15 heavy (non-hydrogen) atoms. The monoisotopic (exact) mass is 228 g/mol. The van der Waals surface area contributed by atoms with Gasteiger partial charge in [0.05, 0.1) is 25.9 Å². The predicted octanol–water partition coefficient (Wildman–Crippen LogP) is 1.50. The Bertz CT molecular complexity index is 178. The van der Waals surface area contributed by atoms with E-state index in [1.807, 2.05) is 0 Å². The molecule has 0 aromatic rings. The standard InChI is InChI=1S/C9H15F3O3/c10-9(11,12)3-1-2-7(13)8-6-14-4-5-15-8/h7-8,13H,1-6H2. The van der Waals surface area contributed by atoms with Gasteiger partial charge in [0, 0.05) is 6.42 Å². The highest BCUT2D eigenvalue weighted by atomic mass is 19.4. The van der Waals surface area contributed by atoms with Gasteiger partial charge in [-0.15, -0.1) is 0 Å². The van der Waals surface area contributed by atoms with Gasteiger partial charge in [0.2, 0.25) is 0 Å². The zero-order chi connectivity index (χ0) is 11.3. The minimum atomic E-state index is -4.15. The van der Waals surface area contributed by atoms with Crippen molar-refractivity contribution in [3.8, 4) is 0 Å². The molecule has 0 saturated carbocycles. The highest BCUT2D eigenvalue weighted by Gasteiger charge is 2.28. The summed E-state index contributed by atoms with van der Waals surface area (Å²) in [6.07, 6.45) is -6.35. The summed E-state index contributed by atoms with van der Waals surface area (Å²) in [6.45, 7) is 1.12. The van der Waals surface area contributed by atoms with E-state index in [1.54, 1.807) is 0 Å². The Morgan fingerprint density at radius 2 is 2.07 bits per heavy atom. The number of rotatable bonds is 4. The molecule has 3 nitrogen and oxygen atoms in total. The largest absolute Gasteiger partial charge is 0.390 e. The summed E-state index contributed by atoms with van der Waals surface area (Å²) in [5.74, 6) is 0. The minimum absolute atomic E-state index is 0.0788. The van der Waals surface area contributed by atoms with Crippen molar-refractivity contribution in [2.45, 2.75) is 37.6 Å². The lowest BCUT2D eigenvalue weighted by Crippen LogP contribution is -2.38. The van der Waals surface area contributed by atoms with Gasteiger partial charge in [-0.25, -0.2) is 0 Å². The van der Waals surface area contributed by atoms with Gasteiger partial charge in [-0.3, -0.25) is 0 Å². The average molecular weight is 228 g/mol. The van der Waals surface area contributed by atoms with E-state index in [2.05, 4.69) is 0 Å². The number of ether oxygens (including phenoxy) is 2. The van der Waals surface area contributed by atoms with E-state index < -0.39 is 24.8 Å². The first-order valence-corrected chi connectivity index (χ1v) is 4.93. The molecule has 2 atom stereocenters. The molecule has 1 saturated heterocycles. The van der Waals surface area contributed by atoms with Gasteiger partial charge in [0.15, 0.2) is 0 Å². The number of hydrogen-bond acceptors (Lipinski definition) is 3. The third-order valence-electron chi connectivity index (χ3n) is 2.23. The van der Waals surface area contributed by atoms with Crippen molar-refractivity contribution in [3.63, 3.8) is 0 Å². The number of aliphatic hydroxyl groups is 1. The van der Waals surface area contributed by atoms with Crippen molar-refractivity contribution in [2.24, 2.45) is 0 Å². The van der Waals surface area contributed by atoms with Gasteiger partial charge in [0.1, 0.15) is 6.10 Å². The van der Waals surface area contributed by atoms with E-state index in [0.29, 0.717) is 13.2 Å². The molecular weight excluding hydrogens is 213 g/mol. The highest BCUT2D eigenvalue weighted by molar-refractivity contribution is 4.71. The Morgan fingerprint density at radius 3 is 2.60 bits per heavy atom. The first kappa shape index (κ1) is 12.7. The molecule has 0 amide bonds. The van der Waals surface area contributed by atoms with Crippen LogP contribution in [0.25, 0.3) is 0 Å². The smallest absolute Gasteiger partial charge is 0.389 e. The third kappa shape index (κ3) is 5.34. The molecule has 0 bridgehead atoms. The van der Waals surface area contributed by atoms with E-state index in [-0.39, 0.29) is 19.4 Å². The zero-order valence-corrected chi connectivity index (χ0v) is 8.29. The summed E-state index contributed by atoms with van der Waals surface area (Å²) in [7, 11) is 0. The van der Waals surface area contributed by atoms with Crippen LogP contribution in [0.1, 0.15) is 19.3 Å². The molecule has 1 fully saturated rings. The Balaban J connectivity index is 2.14. The Kier molecular flexibility index (Phi) is 4.82. The lowest BCUT2D eigenvalue weighted by Gasteiger charge is -2.27. The van der Waals surface area contributed by atoms with Crippen LogP contribution in [-0.2, 0) is 9.47 Å². The maximum Gasteiger partial charge on any atom is 0.389 e. The van der Waals surface area contributed by atoms with Crippen molar-refractivity contribution < 1.29 is 27.8 Å². The molecule has 0 radical (unpaired) electrons. The van der Waals surface area contributed by atoms with Crippen LogP contribution in [0.15, 0.2) is 0 Å². The molecule has 1 aliphatic heterocycles. The van der Waals surface area contributed by atoms with Crippen LogP contribution in [0.3, 0.4) is 0 Å². The fourth-order valence-electron chi connectivity index (χ4n) is 1.43. The Labute approximate surface area is 86.2 Å². The number of halogens is 3. The van der Waals surface area contributed by atoms with Gasteiger partial charge in [-0.2, -0.15) is 13.2 Å². The summed E-state index contributed by atoms with van der Waals surface area (Å²) < 4.78 is 45.6. The van der Waals surface area contributed by atoms with Crippen LogP contribution in [-0.4, -0.2) is 43.3 Å².